The number of benzene rings is 1. The molecule has 0 radical (unpaired) electrons. The maximum Gasteiger partial charge on any atom is 0.226 e. The van der Waals surface area contributed by atoms with Crippen LogP contribution in [0.5, 0.6) is 0 Å². The van der Waals surface area contributed by atoms with Crippen LogP contribution in [0.4, 0.5) is 0 Å². The summed E-state index contributed by atoms with van der Waals surface area (Å²) in [5.41, 5.74) is 2.73. The van der Waals surface area contributed by atoms with Gasteiger partial charge >= 0.3 is 0 Å². The summed E-state index contributed by atoms with van der Waals surface area (Å²) in [6.07, 6.45) is 1.87. The highest BCUT2D eigenvalue weighted by Gasteiger charge is 2.25. The molecule has 5 heteroatoms. The fraction of sp³-hybridized carbons (Fsp3) is 0.529. The smallest absolute Gasteiger partial charge is 0.226 e. The second kappa shape index (κ2) is 7.03. The van der Waals surface area contributed by atoms with Gasteiger partial charge in [-0.3, -0.25) is 4.90 Å². The summed E-state index contributed by atoms with van der Waals surface area (Å²) < 4.78 is 5.22. The van der Waals surface area contributed by atoms with Gasteiger partial charge in [-0.1, -0.05) is 43.3 Å². The lowest BCUT2D eigenvalue weighted by atomic mass is 10.0. The first-order chi connectivity index (χ1) is 10.8. The first-order valence-corrected chi connectivity index (χ1v) is 8.15. The van der Waals surface area contributed by atoms with Gasteiger partial charge in [0.1, 0.15) is 0 Å². The van der Waals surface area contributed by atoms with Crippen LogP contribution in [-0.4, -0.2) is 34.7 Å². The number of nitrogens with one attached hydrogen (secondary N) is 1. The maximum absolute atomic E-state index is 5.22. The first kappa shape index (κ1) is 15.2. The van der Waals surface area contributed by atoms with Gasteiger partial charge < -0.3 is 9.84 Å². The molecular weight excluding hydrogens is 276 g/mol. The maximum atomic E-state index is 5.22. The summed E-state index contributed by atoms with van der Waals surface area (Å²) in [5.74, 6) is 1.50. The Morgan fingerprint density at radius 1 is 1.23 bits per heavy atom. The normalized spacial score (nSPS) is 19.5. The van der Waals surface area contributed by atoms with E-state index in [9.17, 15) is 0 Å². The number of hydrogen-bond donors (Lipinski definition) is 1. The zero-order valence-electron chi connectivity index (χ0n) is 13.4. The number of nitrogens with zero attached hydrogens (tertiary/aromatic N) is 3. The molecule has 3 rings (SSSR count). The van der Waals surface area contributed by atoms with E-state index in [1.165, 1.54) is 11.1 Å². The van der Waals surface area contributed by atoms with Crippen molar-refractivity contribution in [2.45, 2.75) is 39.3 Å². The molecule has 0 amide bonds. The van der Waals surface area contributed by atoms with Crippen molar-refractivity contribution < 1.29 is 4.52 Å². The van der Waals surface area contributed by atoms with Gasteiger partial charge in [0.25, 0.3) is 0 Å². The Morgan fingerprint density at radius 2 is 2.05 bits per heavy atom. The molecule has 1 saturated heterocycles. The van der Waals surface area contributed by atoms with Crippen LogP contribution in [0.3, 0.4) is 0 Å². The van der Waals surface area contributed by atoms with Crippen LogP contribution in [0.1, 0.15) is 42.7 Å². The van der Waals surface area contributed by atoms with Gasteiger partial charge in [0, 0.05) is 32.1 Å². The van der Waals surface area contributed by atoms with Crippen LogP contribution >= 0.6 is 0 Å². The molecule has 22 heavy (non-hydrogen) atoms. The molecule has 1 N–H and O–H groups in total. The highest BCUT2D eigenvalue weighted by atomic mass is 16.5. The molecule has 1 aliphatic heterocycles. The fourth-order valence-electron chi connectivity index (χ4n) is 2.92. The number of aryl methyl sites for hydroxylation is 2. The zero-order valence-corrected chi connectivity index (χ0v) is 13.4. The fourth-order valence-corrected chi connectivity index (χ4v) is 2.92. The highest BCUT2D eigenvalue weighted by molar-refractivity contribution is 5.25. The monoisotopic (exact) mass is 300 g/mol. The zero-order chi connectivity index (χ0) is 15.4. The van der Waals surface area contributed by atoms with Gasteiger partial charge in [-0.05, 0) is 17.5 Å². The number of rotatable bonds is 5. The number of hydrogen-bond acceptors (Lipinski definition) is 5. The van der Waals surface area contributed by atoms with E-state index >= 15 is 0 Å². The lowest BCUT2D eigenvalue weighted by Gasteiger charge is -2.35. The summed E-state index contributed by atoms with van der Waals surface area (Å²) >= 11 is 0. The van der Waals surface area contributed by atoms with Crippen molar-refractivity contribution in [2.24, 2.45) is 0 Å². The molecule has 118 valence electrons. The average molecular weight is 300 g/mol. The summed E-state index contributed by atoms with van der Waals surface area (Å²) in [7, 11) is 0. The van der Waals surface area contributed by atoms with Crippen LogP contribution < -0.4 is 5.32 Å². The van der Waals surface area contributed by atoms with Crippen molar-refractivity contribution in [1.82, 2.24) is 20.4 Å². The molecule has 0 saturated carbocycles. The van der Waals surface area contributed by atoms with Crippen LogP contribution in [0.2, 0.25) is 0 Å². The van der Waals surface area contributed by atoms with Crippen molar-refractivity contribution in [1.29, 1.82) is 0 Å². The molecule has 2 heterocycles. The summed E-state index contributed by atoms with van der Waals surface area (Å²) in [6.45, 7) is 7.92. The van der Waals surface area contributed by atoms with Gasteiger partial charge in [-0.15, -0.1) is 0 Å². The molecule has 1 atom stereocenters. The van der Waals surface area contributed by atoms with Crippen molar-refractivity contribution in [3.05, 3.63) is 47.1 Å². The van der Waals surface area contributed by atoms with Gasteiger partial charge in [0.15, 0.2) is 5.82 Å². The highest BCUT2D eigenvalue weighted by Crippen LogP contribution is 2.24. The van der Waals surface area contributed by atoms with E-state index in [2.05, 4.69) is 51.5 Å². The molecule has 1 aliphatic rings. The Morgan fingerprint density at radius 3 is 2.73 bits per heavy atom. The Bertz CT molecular complexity index is 593. The van der Waals surface area contributed by atoms with Gasteiger partial charge in [-0.2, -0.15) is 4.98 Å². The SMILES string of the molecule is CCc1ccc(C2CNCCN2Cc2noc(CC)n2)cc1. The third kappa shape index (κ3) is 3.36. The average Bonchev–Trinajstić information content (AvgIpc) is 3.03. The molecule has 5 nitrogen and oxygen atoms in total. The van der Waals surface area contributed by atoms with E-state index in [0.717, 1.165) is 44.8 Å². The third-order valence-electron chi connectivity index (χ3n) is 4.28. The Hall–Kier alpha value is -1.72. The van der Waals surface area contributed by atoms with E-state index in [1.807, 2.05) is 6.92 Å². The molecule has 0 spiro atoms. The van der Waals surface area contributed by atoms with E-state index in [4.69, 9.17) is 4.52 Å². The minimum atomic E-state index is 0.364. The quantitative estimate of drug-likeness (QED) is 0.918. The van der Waals surface area contributed by atoms with Crippen LogP contribution in [0, 0.1) is 0 Å². The Kier molecular flexibility index (Phi) is 4.85. The van der Waals surface area contributed by atoms with Crippen molar-refractivity contribution in [3.8, 4) is 0 Å². The summed E-state index contributed by atoms with van der Waals surface area (Å²) in [5, 5.41) is 7.58. The lowest BCUT2D eigenvalue weighted by Crippen LogP contribution is -2.45. The molecule has 1 aromatic carbocycles. The van der Waals surface area contributed by atoms with Crippen LogP contribution in [-0.2, 0) is 19.4 Å². The first-order valence-electron chi connectivity index (χ1n) is 8.15. The van der Waals surface area contributed by atoms with Crippen LogP contribution in [0.25, 0.3) is 0 Å². The van der Waals surface area contributed by atoms with Gasteiger partial charge in [0.05, 0.1) is 6.54 Å². The second-order valence-electron chi connectivity index (χ2n) is 5.74. The van der Waals surface area contributed by atoms with E-state index in [-0.39, 0.29) is 0 Å². The molecule has 1 aromatic heterocycles. The van der Waals surface area contributed by atoms with Crippen molar-refractivity contribution >= 4 is 0 Å². The molecule has 1 unspecified atom stereocenters. The van der Waals surface area contributed by atoms with Crippen molar-refractivity contribution in [3.63, 3.8) is 0 Å². The standard InChI is InChI=1S/C17H24N4O/c1-3-13-5-7-14(8-6-13)15-11-18-9-10-21(15)12-16-19-17(4-2)22-20-16/h5-8,15,18H,3-4,9-12H2,1-2H3. The Balaban J connectivity index is 1.75. The second-order valence-corrected chi connectivity index (χ2v) is 5.74. The van der Waals surface area contributed by atoms with E-state index in [1.54, 1.807) is 0 Å². The van der Waals surface area contributed by atoms with E-state index < -0.39 is 0 Å². The largest absolute Gasteiger partial charge is 0.339 e. The topological polar surface area (TPSA) is 54.2 Å². The molecule has 0 aliphatic carbocycles. The third-order valence-corrected chi connectivity index (χ3v) is 4.28. The summed E-state index contributed by atoms with van der Waals surface area (Å²) in [6, 6.07) is 9.31. The van der Waals surface area contributed by atoms with Crippen LogP contribution in [0.15, 0.2) is 28.8 Å². The molecule has 0 bridgehead atoms. The van der Waals surface area contributed by atoms with Gasteiger partial charge in [-0.25, -0.2) is 0 Å². The Labute approximate surface area is 131 Å². The number of aromatic nitrogens is 2. The van der Waals surface area contributed by atoms with Gasteiger partial charge in [0.2, 0.25) is 5.89 Å². The van der Waals surface area contributed by atoms with Crippen molar-refractivity contribution in [2.75, 3.05) is 19.6 Å². The molecule has 1 fully saturated rings. The molecular formula is C17H24N4O. The lowest BCUT2D eigenvalue weighted by molar-refractivity contribution is 0.148. The predicted octanol–water partition coefficient (Wildman–Crippen LogP) is 2.34. The minimum absolute atomic E-state index is 0.364. The van der Waals surface area contributed by atoms with E-state index in [0.29, 0.717) is 11.9 Å². The summed E-state index contributed by atoms with van der Waals surface area (Å²) in [4.78, 5) is 6.87. The number of piperazine rings is 1. The minimum Gasteiger partial charge on any atom is -0.339 e. The molecule has 2 aromatic rings. The predicted molar refractivity (Wildman–Crippen MR) is 85.5 cm³/mol.